The average Bonchev–Trinajstić information content (AvgIpc) is 2.96. The van der Waals surface area contributed by atoms with Gasteiger partial charge in [0.05, 0.1) is 6.10 Å². The van der Waals surface area contributed by atoms with E-state index in [1.807, 2.05) is 19.3 Å². The molecule has 0 saturated heterocycles. The highest BCUT2D eigenvalue weighted by atomic mass is 16.3. The Hall–Kier alpha value is -1.41. The molecule has 1 atom stereocenters. The lowest BCUT2D eigenvalue weighted by Crippen LogP contribution is -2.35. The first-order chi connectivity index (χ1) is 8.22. The Balaban J connectivity index is 2.01. The van der Waals surface area contributed by atoms with Crippen LogP contribution in [0.15, 0.2) is 41.0 Å². The van der Waals surface area contributed by atoms with Crippen molar-refractivity contribution in [2.24, 2.45) is 10.4 Å². The van der Waals surface area contributed by atoms with E-state index in [0.29, 0.717) is 0 Å². The molecule has 2 heteroatoms. The molecule has 0 amide bonds. The Morgan fingerprint density at radius 1 is 1.24 bits per heavy atom. The Morgan fingerprint density at radius 2 is 1.88 bits per heavy atom. The Kier molecular flexibility index (Phi) is 2.40. The van der Waals surface area contributed by atoms with Crippen LogP contribution in [0.4, 0.5) is 0 Å². The standard InChI is InChI=1S/C15H17NO/c1-11(17)15(14-6-7-16-10-14)8-12-4-2-3-5-13(12)9-15/h2-5,7,10-11,17H,6,8-9H2,1H3. The fourth-order valence-electron chi connectivity index (χ4n) is 3.11. The van der Waals surface area contributed by atoms with Gasteiger partial charge in [-0.2, -0.15) is 0 Å². The maximum absolute atomic E-state index is 10.2. The summed E-state index contributed by atoms with van der Waals surface area (Å²) in [6, 6.07) is 8.51. The van der Waals surface area contributed by atoms with Crippen molar-refractivity contribution in [2.75, 3.05) is 0 Å². The molecule has 0 fully saturated rings. The zero-order chi connectivity index (χ0) is 11.9. The first-order valence-corrected chi connectivity index (χ1v) is 6.18. The van der Waals surface area contributed by atoms with Crippen LogP contribution in [-0.2, 0) is 12.8 Å². The van der Waals surface area contributed by atoms with Gasteiger partial charge in [0.1, 0.15) is 0 Å². The Labute approximate surface area is 102 Å². The van der Waals surface area contributed by atoms with E-state index < -0.39 is 0 Å². The fraction of sp³-hybridized carbons (Fsp3) is 0.400. The largest absolute Gasteiger partial charge is 0.392 e. The van der Waals surface area contributed by atoms with Crippen molar-refractivity contribution in [3.8, 4) is 0 Å². The molecule has 1 aliphatic carbocycles. The highest BCUT2D eigenvalue weighted by molar-refractivity contribution is 5.66. The van der Waals surface area contributed by atoms with Crippen LogP contribution in [0.5, 0.6) is 0 Å². The summed E-state index contributed by atoms with van der Waals surface area (Å²) >= 11 is 0. The lowest BCUT2D eigenvalue weighted by molar-refractivity contribution is 0.0722. The quantitative estimate of drug-likeness (QED) is 0.827. The molecule has 3 rings (SSSR count). The number of benzene rings is 1. The van der Waals surface area contributed by atoms with E-state index in [1.54, 1.807) is 0 Å². The van der Waals surface area contributed by atoms with E-state index in [2.05, 4.69) is 29.3 Å². The van der Waals surface area contributed by atoms with Crippen molar-refractivity contribution in [3.05, 3.63) is 47.2 Å². The van der Waals surface area contributed by atoms with Gasteiger partial charge in [0.25, 0.3) is 0 Å². The number of hydrogen-bond acceptors (Lipinski definition) is 2. The normalized spacial score (nSPS) is 22.4. The van der Waals surface area contributed by atoms with Crippen LogP contribution < -0.4 is 0 Å². The molecule has 2 nitrogen and oxygen atoms in total. The van der Waals surface area contributed by atoms with E-state index in [-0.39, 0.29) is 11.5 Å². The number of aliphatic hydroxyl groups is 1. The van der Waals surface area contributed by atoms with E-state index in [4.69, 9.17) is 0 Å². The van der Waals surface area contributed by atoms with Gasteiger partial charge in [-0.05, 0) is 36.5 Å². The number of aliphatic hydroxyl groups excluding tert-OH is 1. The van der Waals surface area contributed by atoms with Crippen LogP contribution >= 0.6 is 0 Å². The van der Waals surface area contributed by atoms with Crippen molar-refractivity contribution in [1.82, 2.24) is 0 Å². The zero-order valence-electron chi connectivity index (χ0n) is 10.1. The molecule has 0 saturated carbocycles. The van der Waals surface area contributed by atoms with E-state index in [9.17, 15) is 5.11 Å². The van der Waals surface area contributed by atoms with Gasteiger partial charge in [0.2, 0.25) is 0 Å². The molecule has 88 valence electrons. The van der Waals surface area contributed by atoms with Gasteiger partial charge in [-0.1, -0.05) is 24.3 Å². The molecule has 0 aromatic heterocycles. The van der Waals surface area contributed by atoms with Gasteiger partial charge < -0.3 is 5.11 Å². The molecule has 1 aromatic rings. The van der Waals surface area contributed by atoms with E-state index in [1.165, 1.54) is 16.7 Å². The molecule has 2 aliphatic rings. The smallest absolute Gasteiger partial charge is 0.0612 e. The fourth-order valence-corrected chi connectivity index (χ4v) is 3.11. The number of hydrogen-bond donors (Lipinski definition) is 1. The van der Waals surface area contributed by atoms with Gasteiger partial charge >= 0.3 is 0 Å². The summed E-state index contributed by atoms with van der Waals surface area (Å²) in [7, 11) is 0. The van der Waals surface area contributed by atoms with Crippen LogP contribution in [0.1, 0.15) is 24.5 Å². The summed E-state index contributed by atoms with van der Waals surface area (Å²) in [5, 5.41) is 10.2. The Morgan fingerprint density at radius 3 is 2.35 bits per heavy atom. The van der Waals surface area contributed by atoms with E-state index >= 15 is 0 Å². The third-order valence-electron chi connectivity index (χ3n) is 4.22. The summed E-state index contributed by atoms with van der Waals surface area (Å²) in [5.74, 6) is 0. The van der Waals surface area contributed by atoms with Crippen molar-refractivity contribution in [2.45, 2.75) is 32.3 Å². The zero-order valence-corrected chi connectivity index (χ0v) is 10.1. The molecular formula is C15H17NO. The van der Waals surface area contributed by atoms with Crippen LogP contribution in [0, 0.1) is 5.41 Å². The summed E-state index contributed by atoms with van der Waals surface area (Å²) in [4.78, 5) is 4.20. The topological polar surface area (TPSA) is 32.6 Å². The minimum absolute atomic E-state index is 0.125. The average molecular weight is 227 g/mol. The van der Waals surface area contributed by atoms with Crippen LogP contribution in [-0.4, -0.2) is 17.4 Å². The molecule has 1 unspecified atom stereocenters. The van der Waals surface area contributed by atoms with Crippen molar-refractivity contribution >= 4 is 6.21 Å². The summed E-state index contributed by atoms with van der Waals surface area (Å²) < 4.78 is 0. The molecule has 1 N–H and O–H groups in total. The molecule has 17 heavy (non-hydrogen) atoms. The van der Waals surface area contributed by atoms with E-state index in [0.717, 1.165) is 19.3 Å². The predicted molar refractivity (Wildman–Crippen MR) is 69.2 cm³/mol. The lowest BCUT2D eigenvalue weighted by atomic mass is 9.73. The lowest BCUT2D eigenvalue weighted by Gasteiger charge is -2.33. The summed E-state index contributed by atoms with van der Waals surface area (Å²) in [6.45, 7) is 1.91. The molecule has 0 spiro atoms. The second-order valence-corrected chi connectivity index (χ2v) is 5.14. The van der Waals surface area contributed by atoms with Crippen molar-refractivity contribution in [1.29, 1.82) is 0 Å². The highest BCUT2D eigenvalue weighted by Crippen LogP contribution is 2.46. The van der Waals surface area contributed by atoms with Gasteiger partial charge in [-0.15, -0.1) is 0 Å². The van der Waals surface area contributed by atoms with Crippen LogP contribution in [0.3, 0.4) is 0 Å². The van der Waals surface area contributed by atoms with Crippen molar-refractivity contribution < 1.29 is 5.11 Å². The molecule has 1 aromatic carbocycles. The second kappa shape index (κ2) is 3.81. The third kappa shape index (κ3) is 1.55. The molecule has 0 radical (unpaired) electrons. The predicted octanol–water partition coefficient (Wildman–Crippen LogP) is 2.51. The maximum Gasteiger partial charge on any atom is 0.0612 e. The third-order valence-corrected chi connectivity index (χ3v) is 4.22. The van der Waals surface area contributed by atoms with Gasteiger partial charge in [0, 0.05) is 24.3 Å². The second-order valence-electron chi connectivity index (χ2n) is 5.14. The first-order valence-electron chi connectivity index (χ1n) is 6.18. The molecule has 1 heterocycles. The van der Waals surface area contributed by atoms with Crippen molar-refractivity contribution in [3.63, 3.8) is 0 Å². The molecule has 1 aliphatic heterocycles. The maximum atomic E-state index is 10.2. The number of fused-ring (bicyclic) bond motifs is 1. The van der Waals surface area contributed by atoms with Gasteiger partial charge in [-0.3, -0.25) is 4.99 Å². The number of rotatable bonds is 2. The SMILES string of the molecule is CC(O)C1(C2=CN=CC2)Cc2ccccc2C1. The number of aliphatic imine (C=N–C) groups is 1. The minimum Gasteiger partial charge on any atom is -0.392 e. The molecular weight excluding hydrogens is 210 g/mol. The van der Waals surface area contributed by atoms with Gasteiger partial charge in [0.15, 0.2) is 0 Å². The highest BCUT2D eigenvalue weighted by Gasteiger charge is 2.44. The molecule has 0 bridgehead atoms. The monoisotopic (exact) mass is 227 g/mol. The first kappa shape index (κ1) is 10.7. The summed E-state index contributed by atoms with van der Waals surface area (Å²) in [6.07, 6.45) is 6.31. The minimum atomic E-state index is -0.331. The van der Waals surface area contributed by atoms with Crippen LogP contribution in [0.25, 0.3) is 0 Å². The van der Waals surface area contributed by atoms with Crippen LogP contribution in [0.2, 0.25) is 0 Å². The number of nitrogens with zero attached hydrogens (tertiary/aromatic N) is 1. The summed E-state index contributed by atoms with van der Waals surface area (Å²) in [5.41, 5.74) is 3.91. The van der Waals surface area contributed by atoms with Gasteiger partial charge in [-0.25, -0.2) is 0 Å². The Bertz CT molecular complexity index is 474.